The summed E-state index contributed by atoms with van der Waals surface area (Å²) in [5.74, 6) is -1.18. The Balaban J connectivity index is 1.83. The molecule has 1 fully saturated rings. The van der Waals surface area contributed by atoms with Gasteiger partial charge in [0.15, 0.2) is 0 Å². The number of carbonyl (C=O) groups is 3. The Labute approximate surface area is 164 Å². The highest BCUT2D eigenvalue weighted by Crippen LogP contribution is 2.30. The minimum Gasteiger partial charge on any atom is -0.462 e. The zero-order chi connectivity index (χ0) is 20.1. The van der Waals surface area contributed by atoms with Crippen molar-refractivity contribution in [3.05, 3.63) is 60.2 Å². The van der Waals surface area contributed by atoms with Crippen molar-refractivity contribution in [2.45, 2.75) is 20.3 Å². The van der Waals surface area contributed by atoms with Gasteiger partial charge in [-0.05, 0) is 38.1 Å². The molecule has 6 heteroatoms. The van der Waals surface area contributed by atoms with Gasteiger partial charge in [0.05, 0.1) is 23.8 Å². The fourth-order valence-corrected chi connectivity index (χ4v) is 3.49. The molecule has 28 heavy (non-hydrogen) atoms. The number of nitrogens with zero attached hydrogens (tertiary/aromatic N) is 2. The molecule has 0 aromatic heterocycles. The first-order valence-electron chi connectivity index (χ1n) is 9.49. The summed E-state index contributed by atoms with van der Waals surface area (Å²) in [5, 5.41) is 0. The van der Waals surface area contributed by atoms with Gasteiger partial charge in [-0.15, -0.1) is 0 Å². The highest BCUT2D eigenvalue weighted by molar-refractivity contribution is 6.07. The van der Waals surface area contributed by atoms with Crippen molar-refractivity contribution in [3.8, 4) is 0 Å². The molecule has 1 saturated heterocycles. The molecular weight excluding hydrogens is 356 g/mol. The van der Waals surface area contributed by atoms with E-state index < -0.39 is 11.9 Å². The van der Waals surface area contributed by atoms with E-state index >= 15 is 0 Å². The first-order chi connectivity index (χ1) is 13.6. The van der Waals surface area contributed by atoms with Gasteiger partial charge in [-0.25, -0.2) is 4.79 Å². The van der Waals surface area contributed by atoms with Crippen molar-refractivity contribution in [2.24, 2.45) is 5.92 Å². The minimum atomic E-state index is -0.472. The predicted molar refractivity (Wildman–Crippen MR) is 107 cm³/mol. The lowest BCUT2D eigenvalue weighted by atomic mass is 10.1. The number of anilines is 2. The Bertz CT molecular complexity index is 866. The van der Waals surface area contributed by atoms with Gasteiger partial charge in [-0.3, -0.25) is 9.59 Å². The van der Waals surface area contributed by atoms with Crippen LogP contribution in [0, 0.1) is 5.92 Å². The van der Waals surface area contributed by atoms with Gasteiger partial charge in [-0.1, -0.05) is 30.3 Å². The summed E-state index contributed by atoms with van der Waals surface area (Å²) in [5.41, 5.74) is 1.64. The molecule has 0 N–H and O–H groups in total. The van der Waals surface area contributed by atoms with E-state index in [1.165, 1.54) is 4.90 Å². The lowest BCUT2D eigenvalue weighted by Gasteiger charge is -2.24. The number of hydrogen-bond acceptors (Lipinski definition) is 4. The van der Waals surface area contributed by atoms with Crippen LogP contribution in [0.15, 0.2) is 54.6 Å². The van der Waals surface area contributed by atoms with Gasteiger partial charge in [0.2, 0.25) is 11.8 Å². The molecule has 1 aliphatic rings. The lowest BCUT2D eigenvalue weighted by molar-refractivity contribution is -0.124. The van der Waals surface area contributed by atoms with Crippen molar-refractivity contribution in [2.75, 3.05) is 29.5 Å². The molecule has 0 aliphatic carbocycles. The topological polar surface area (TPSA) is 66.9 Å². The number of amides is 2. The van der Waals surface area contributed by atoms with Crippen molar-refractivity contribution < 1.29 is 19.1 Å². The molecule has 0 radical (unpaired) electrons. The summed E-state index contributed by atoms with van der Waals surface area (Å²) in [6.07, 6.45) is 0.124. The van der Waals surface area contributed by atoms with E-state index in [-0.39, 0.29) is 31.4 Å². The summed E-state index contributed by atoms with van der Waals surface area (Å²) in [4.78, 5) is 41.2. The Morgan fingerprint density at radius 3 is 2.43 bits per heavy atom. The Hall–Kier alpha value is -3.15. The van der Waals surface area contributed by atoms with Crippen molar-refractivity contribution in [1.29, 1.82) is 0 Å². The monoisotopic (exact) mass is 380 g/mol. The van der Waals surface area contributed by atoms with Gasteiger partial charge < -0.3 is 14.5 Å². The second kappa shape index (κ2) is 8.69. The van der Waals surface area contributed by atoms with Crippen LogP contribution in [0.1, 0.15) is 30.6 Å². The number of rotatable bonds is 6. The van der Waals surface area contributed by atoms with Gasteiger partial charge in [0.1, 0.15) is 0 Å². The smallest absolute Gasteiger partial charge is 0.340 e. The van der Waals surface area contributed by atoms with E-state index in [0.717, 1.165) is 5.69 Å². The molecule has 3 rings (SSSR count). The van der Waals surface area contributed by atoms with Gasteiger partial charge >= 0.3 is 5.97 Å². The highest BCUT2D eigenvalue weighted by atomic mass is 16.5. The molecule has 1 heterocycles. The molecule has 0 bridgehead atoms. The van der Waals surface area contributed by atoms with E-state index in [0.29, 0.717) is 17.8 Å². The molecule has 2 aromatic rings. The van der Waals surface area contributed by atoms with Crippen molar-refractivity contribution >= 4 is 29.2 Å². The normalized spacial score (nSPS) is 16.1. The zero-order valence-electron chi connectivity index (χ0n) is 16.1. The van der Waals surface area contributed by atoms with Gasteiger partial charge in [0.25, 0.3) is 0 Å². The largest absolute Gasteiger partial charge is 0.462 e. The van der Waals surface area contributed by atoms with Crippen molar-refractivity contribution in [3.63, 3.8) is 0 Å². The molecule has 0 saturated carbocycles. The number of esters is 1. The zero-order valence-corrected chi connectivity index (χ0v) is 16.1. The van der Waals surface area contributed by atoms with Crippen LogP contribution in [-0.4, -0.2) is 37.5 Å². The molecule has 146 valence electrons. The summed E-state index contributed by atoms with van der Waals surface area (Å²) in [6.45, 7) is 4.67. The first kappa shape index (κ1) is 19.6. The number of hydrogen-bond donors (Lipinski definition) is 0. The summed E-state index contributed by atoms with van der Waals surface area (Å²) >= 11 is 0. The molecule has 6 nitrogen and oxygen atoms in total. The minimum absolute atomic E-state index is 0.0850. The van der Waals surface area contributed by atoms with Crippen LogP contribution in [0.25, 0.3) is 0 Å². The maximum absolute atomic E-state index is 13.1. The summed E-state index contributed by atoms with van der Waals surface area (Å²) in [6, 6.07) is 16.3. The van der Waals surface area contributed by atoms with Crippen LogP contribution < -0.4 is 9.80 Å². The van der Waals surface area contributed by atoms with Gasteiger partial charge in [0, 0.05) is 25.2 Å². The maximum atomic E-state index is 13.1. The highest BCUT2D eigenvalue weighted by Gasteiger charge is 2.38. The summed E-state index contributed by atoms with van der Waals surface area (Å²) < 4.78 is 5.10. The Morgan fingerprint density at radius 2 is 1.75 bits per heavy atom. The van der Waals surface area contributed by atoms with Gasteiger partial charge in [-0.2, -0.15) is 0 Å². The average Bonchev–Trinajstić information content (AvgIpc) is 3.11. The van der Waals surface area contributed by atoms with E-state index in [9.17, 15) is 14.4 Å². The van der Waals surface area contributed by atoms with Crippen LogP contribution >= 0.6 is 0 Å². The third-order valence-corrected chi connectivity index (χ3v) is 4.81. The van der Waals surface area contributed by atoms with Crippen LogP contribution in [-0.2, 0) is 14.3 Å². The van der Waals surface area contributed by atoms with E-state index in [2.05, 4.69) is 0 Å². The third kappa shape index (κ3) is 3.91. The molecule has 0 spiro atoms. The molecule has 1 aliphatic heterocycles. The van der Waals surface area contributed by atoms with Crippen LogP contribution in [0.3, 0.4) is 0 Å². The van der Waals surface area contributed by atoms with Crippen LogP contribution in [0.4, 0.5) is 11.4 Å². The fraction of sp³-hybridized carbons (Fsp3) is 0.318. The standard InChI is InChI=1S/C22H24N2O4/c1-3-23(17-10-6-5-7-11-17)21(26)16-14-20(25)24(15-16)19-13-9-8-12-18(19)22(27)28-4-2/h5-13,16H,3-4,14-15H2,1-2H3. The second-order valence-corrected chi connectivity index (χ2v) is 6.56. The number of benzene rings is 2. The molecule has 2 amide bonds. The Morgan fingerprint density at radius 1 is 1.07 bits per heavy atom. The molecule has 1 unspecified atom stereocenters. The fourth-order valence-electron chi connectivity index (χ4n) is 3.49. The second-order valence-electron chi connectivity index (χ2n) is 6.56. The quantitative estimate of drug-likeness (QED) is 0.722. The molecule has 1 atom stereocenters. The third-order valence-electron chi connectivity index (χ3n) is 4.81. The number of ether oxygens (including phenoxy) is 1. The lowest BCUT2D eigenvalue weighted by Crippen LogP contribution is -2.37. The average molecular weight is 380 g/mol. The predicted octanol–water partition coefficient (Wildman–Crippen LogP) is 3.27. The Kier molecular flexibility index (Phi) is 6.09. The SMILES string of the molecule is CCOC(=O)c1ccccc1N1CC(C(=O)N(CC)c2ccccc2)CC1=O. The maximum Gasteiger partial charge on any atom is 0.340 e. The molecular formula is C22H24N2O4. The van der Waals surface area contributed by atoms with E-state index in [1.54, 1.807) is 36.1 Å². The summed E-state index contributed by atoms with van der Waals surface area (Å²) in [7, 11) is 0. The van der Waals surface area contributed by atoms with E-state index in [1.807, 2.05) is 37.3 Å². The number of carbonyl (C=O) groups excluding carboxylic acids is 3. The van der Waals surface area contributed by atoms with E-state index in [4.69, 9.17) is 4.74 Å². The van der Waals surface area contributed by atoms with Crippen LogP contribution in [0.5, 0.6) is 0 Å². The number of para-hydroxylation sites is 2. The first-order valence-corrected chi connectivity index (χ1v) is 9.49. The van der Waals surface area contributed by atoms with Crippen molar-refractivity contribution in [1.82, 2.24) is 0 Å². The molecule has 2 aromatic carbocycles. The van der Waals surface area contributed by atoms with Crippen LogP contribution in [0.2, 0.25) is 0 Å².